The molecule has 0 aromatic carbocycles. The summed E-state index contributed by atoms with van der Waals surface area (Å²) in [5.74, 6) is 1.80. The summed E-state index contributed by atoms with van der Waals surface area (Å²) in [6, 6.07) is 4.32. The van der Waals surface area contributed by atoms with E-state index < -0.39 is 0 Å². The number of nitrogens with one attached hydrogen (secondary N) is 1. The van der Waals surface area contributed by atoms with Crippen molar-refractivity contribution in [3.8, 4) is 0 Å². The van der Waals surface area contributed by atoms with Crippen molar-refractivity contribution in [2.24, 2.45) is 5.92 Å². The molecule has 1 rings (SSSR count). The quantitative estimate of drug-likeness (QED) is 0.671. The first-order chi connectivity index (χ1) is 9.65. The van der Waals surface area contributed by atoms with Gasteiger partial charge in [-0.1, -0.05) is 33.8 Å². The molecule has 20 heavy (non-hydrogen) atoms. The third-order valence-electron chi connectivity index (χ3n) is 3.23. The van der Waals surface area contributed by atoms with Crippen LogP contribution in [0, 0.1) is 5.92 Å². The number of rotatable bonds is 10. The highest BCUT2D eigenvalue weighted by molar-refractivity contribution is 7.99. The number of aromatic nitrogens is 1. The van der Waals surface area contributed by atoms with E-state index in [2.05, 4.69) is 55.0 Å². The fourth-order valence-electron chi connectivity index (χ4n) is 1.93. The zero-order chi connectivity index (χ0) is 14.8. The lowest BCUT2D eigenvalue weighted by atomic mass is 10.2. The average molecular weight is 295 g/mol. The predicted octanol–water partition coefficient (Wildman–Crippen LogP) is 3.26. The van der Waals surface area contributed by atoms with Crippen LogP contribution in [0.5, 0.6) is 0 Å². The normalized spacial score (nSPS) is 11.5. The first kappa shape index (κ1) is 17.5. The molecule has 0 fully saturated rings. The van der Waals surface area contributed by atoms with Crippen molar-refractivity contribution < 1.29 is 0 Å². The Morgan fingerprint density at radius 2 is 2.00 bits per heavy atom. The van der Waals surface area contributed by atoms with Gasteiger partial charge in [0.2, 0.25) is 0 Å². The molecule has 1 N–H and O–H groups in total. The zero-order valence-electron chi connectivity index (χ0n) is 13.4. The van der Waals surface area contributed by atoms with Gasteiger partial charge in [0, 0.05) is 25.0 Å². The molecule has 0 spiro atoms. The zero-order valence-corrected chi connectivity index (χ0v) is 14.2. The second-order valence-electron chi connectivity index (χ2n) is 5.40. The Hall–Kier alpha value is -0.580. The minimum Gasteiger partial charge on any atom is -0.312 e. The molecule has 0 radical (unpaired) electrons. The second kappa shape index (κ2) is 10.2. The minimum atomic E-state index is 0.692. The van der Waals surface area contributed by atoms with E-state index in [1.54, 1.807) is 0 Å². The molecule has 0 saturated heterocycles. The fraction of sp³-hybridized carbons (Fsp3) is 0.688. The molecule has 0 atom stereocenters. The minimum absolute atomic E-state index is 0.692. The molecular weight excluding hydrogens is 266 g/mol. The van der Waals surface area contributed by atoms with Crippen LogP contribution >= 0.6 is 11.8 Å². The van der Waals surface area contributed by atoms with Crippen molar-refractivity contribution in [2.75, 3.05) is 31.9 Å². The van der Waals surface area contributed by atoms with Gasteiger partial charge in [-0.2, -0.15) is 0 Å². The monoisotopic (exact) mass is 295 g/mol. The van der Waals surface area contributed by atoms with E-state index in [9.17, 15) is 0 Å². The van der Waals surface area contributed by atoms with Gasteiger partial charge in [0.25, 0.3) is 0 Å². The number of hydrogen-bond donors (Lipinski definition) is 1. The summed E-state index contributed by atoms with van der Waals surface area (Å²) in [4.78, 5) is 6.97. The summed E-state index contributed by atoms with van der Waals surface area (Å²) in [6.07, 6.45) is 1.99. The molecular formula is C16H29N3S. The maximum Gasteiger partial charge on any atom is 0.0960 e. The van der Waals surface area contributed by atoms with Crippen molar-refractivity contribution in [1.82, 2.24) is 15.2 Å². The van der Waals surface area contributed by atoms with Gasteiger partial charge in [0.15, 0.2) is 0 Å². The predicted molar refractivity (Wildman–Crippen MR) is 89.3 cm³/mol. The summed E-state index contributed by atoms with van der Waals surface area (Å²) >= 11 is 1.84. The molecule has 0 aliphatic heterocycles. The van der Waals surface area contributed by atoms with Crippen LogP contribution in [0.4, 0.5) is 0 Å². The van der Waals surface area contributed by atoms with Crippen LogP contribution in [0.2, 0.25) is 0 Å². The first-order valence-corrected chi connectivity index (χ1v) is 8.65. The molecule has 114 valence electrons. The lowest BCUT2D eigenvalue weighted by molar-refractivity contribution is 0.324. The highest BCUT2D eigenvalue weighted by Gasteiger charge is 2.01. The summed E-state index contributed by atoms with van der Waals surface area (Å²) < 4.78 is 0. The highest BCUT2D eigenvalue weighted by Crippen LogP contribution is 2.15. The molecule has 0 amide bonds. The van der Waals surface area contributed by atoms with Crippen molar-refractivity contribution in [3.05, 3.63) is 23.9 Å². The van der Waals surface area contributed by atoms with Crippen LogP contribution in [0.15, 0.2) is 23.4 Å². The number of thioether (sulfide) groups is 1. The summed E-state index contributed by atoms with van der Waals surface area (Å²) in [6.45, 7) is 14.2. The summed E-state index contributed by atoms with van der Waals surface area (Å²) in [5, 5.41) is 4.57. The van der Waals surface area contributed by atoms with Gasteiger partial charge in [-0.25, -0.2) is 4.98 Å². The molecule has 1 aromatic rings. The fourth-order valence-corrected chi connectivity index (χ4v) is 2.78. The molecule has 0 saturated carbocycles. The molecule has 0 bridgehead atoms. The van der Waals surface area contributed by atoms with Crippen molar-refractivity contribution >= 4 is 11.8 Å². The highest BCUT2D eigenvalue weighted by atomic mass is 32.2. The van der Waals surface area contributed by atoms with E-state index in [0.717, 1.165) is 43.5 Å². The third kappa shape index (κ3) is 7.27. The topological polar surface area (TPSA) is 28.2 Å². The van der Waals surface area contributed by atoms with Gasteiger partial charge >= 0.3 is 0 Å². The van der Waals surface area contributed by atoms with E-state index in [1.807, 2.05) is 18.0 Å². The molecule has 0 aliphatic rings. The van der Waals surface area contributed by atoms with Crippen LogP contribution in [0.3, 0.4) is 0 Å². The Labute approximate surface area is 128 Å². The van der Waals surface area contributed by atoms with E-state index >= 15 is 0 Å². The second-order valence-corrected chi connectivity index (χ2v) is 6.52. The summed E-state index contributed by atoms with van der Waals surface area (Å²) in [5.41, 5.74) is 1.26. The van der Waals surface area contributed by atoms with E-state index in [0.29, 0.717) is 5.92 Å². The van der Waals surface area contributed by atoms with Gasteiger partial charge in [-0.15, -0.1) is 11.8 Å². The smallest absolute Gasteiger partial charge is 0.0960 e. The largest absolute Gasteiger partial charge is 0.312 e. The SMILES string of the molecule is CCN(CC)CCSc1ccc(CNCC(C)C)cn1. The molecule has 0 aliphatic carbocycles. The molecule has 0 unspecified atom stereocenters. The maximum atomic E-state index is 4.53. The Kier molecular flexibility index (Phi) is 8.90. The lowest BCUT2D eigenvalue weighted by Gasteiger charge is -2.17. The number of pyridine rings is 1. The van der Waals surface area contributed by atoms with E-state index in [1.165, 1.54) is 5.56 Å². The van der Waals surface area contributed by atoms with Crippen LogP contribution < -0.4 is 5.32 Å². The van der Waals surface area contributed by atoms with Gasteiger partial charge < -0.3 is 10.2 Å². The molecule has 1 heterocycles. The Morgan fingerprint density at radius 1 is 1.25 bits per heavy atom. The molecule has 3 nitrogen and oxygen atoms in total. The number of nitrogens with zero attached hydrogens (tertiary/aromatic N) is 2. The van der Waals surface area contributed by atoms with Crippen molar-refractivity contribution in [1.29, 1.82) is 0 Å². The van der Waals surface area contributed by atoms with E-state index in [-0.39, 0.29) is 0 Å². The number of hydrogen-bond acceptors (Lipinski definition) is 4. The van der Waals surface area contributed by atoms with Crippen LogP contribution in [-0.4, -0.2) is 41.8 Å². The average Bonchev–Trinajstić information content (AvgIpc) is 2.45. The Bertz CT molecular complexity index is 347. The Morgan fingerprint density at radius 3 is 2.55 bits per heavy atom. The van der Waals surface area contributed by atoms with Gasteiger partial charge in [-0.05, 0) is 37.2 Å². The van der Waals surface area contributed by atoms with Gasteiger partial charge in [0.1, 0.15) is 0 Å². The Balaban J connectivity index is 2.28. The standard InChI is InChI=1S/C16H29N3S/c1-5-19(6-2)9-10-20-16-8-7-15(13-18-16)12-17-11-14(3)4/h7-8,13-14,17H,5-6,9-12H2,1-4H3. The lowest BCUT2D eigenvalue weighted by Crippen LogP contribution is -2.25. The summed E-state index contributed by atoms with van der Waals surface area (Å²) in [7, 11) is 0. The molecule has 1 aromatic heterocycles. The van der Waals surface area contributed by atoms with Crippen molar-refractivity contribution in [2.45, 2.75) is 39.3 Å². The van der Waals surface area contributed by atoms with E-state index in [4.69, 9.17) is 0 Å². The maximum absolute atomic E-state index is 4.53. The first-order valence-electron chi connectivity index (χ1n) is 7.66. The van der Waals surface area contributed by atoms with Gasteiger partial charge in [0.05, 0.1) is 5.03 Å². The molecule has 4 heteroatoms. The van der Waals surface area contributed by atoms with Crippen LogP contribution in [-0.2, 0) is 6.54 Å². The van der Waals surface area contributed by atoms with Gasteiger partial charge in [-0.3, -0.25) is 0 Å². The van der Waals surface area contributed by atoms with Crippen LogP contribution in [0.1, 0.15) is 33.3 Å². The van der Waals surface area contributed by atoms with Crippen LogP contribution in [0.25, 0.3) is 0 Å². The third-order valence-corrected chi connectivity index (χ3v) is 4.16. The van der Waals surface area contributed by atoms with Crippen molar-refractivity contribution in [3.63, 3.8) is 0 Å².